The SMILES string of the molecule is C=C(C)COc1ccc(NC(=O)COc2ccc(C)cc2C)cc1. The van der Waals surface area contributed by atoms with E-state index in [-0.39, 0.29) is 12.5 Å². The van der Waals surface area contributed by atoms with Crippen molar-refractivity contribution in [2.45, 2.75) is 20.8 Å². The van der Waals surface area contributed by atoms with Crippen molar-refractivity contribution in [1.29, 1.82) is 0 Å². The molecular weight excluding hydrogens is 302 g/mol. The van der Waals surface area contributed by atoms with E-state index in [2.05, 4.69) is 11.9 Å². The maximum atomic E-state index is 12.0. The molecule has 2 aromatic rings. The van der Waals surface area contributed by atoms with Crippen LogP contribution in [-0.2, 0) is 4.79 Å². The van der Waals surface area contributed by atoms with Gasteiger partial charge in [-0.2, -0.15) is 0 Å². The fourth-order valence-electron chi connectivity index (χ4n) is 2.14. The second-order valence-corrected chi connectivity index (χ2v) is 5.88. The zero-order chi connectivity index (χ0) is 17.5. The van der Waals surface area contributed by atoms with Gasteiger partial charge < -0.3 is 14.8 Å². The Hall–Kier alpha value is -2.75. The molecule has 0 aromatic heterocycles. The summed E-state index contributed by atoms with van der Waals surface area (Å²) in [5.41, 5.74) is 3.84. The monoisotopic (exact) mass is 325 g/mol. The summed E-state index contributed by atoms with van der Waals surface area (Å²) in [7, 11) is 0. The van der Waals surface area contributed by atoms with E-state index in [0.29, 0.717) is 12.3 Å². The minimum absolute atomic E-state index is 0.0299. The number of aryl methyl sites for hydroxylation is 2. The first kappa shape index (κ1) is 17.6. The summed E-state index contributed by atoms with van der Waals surface area (Å²) < 4.78 is 11.1. The molecule has 0 saturated heterocycles. The fraction of sp³-hybridized carbons (Fsp3) is 0.250. The topological polar surface area (TPSA) is 47.6 Å². The standard InChI is InChI=1S/C20H23NO3/c1-14(2)12-23-18-8-6-17(7-9-18)21-20(22)13-24-19-10-5-15(3)11-16(19)4/h5-11H,1,12-13H2,2-4H3,(H,21,22). The molecule has 0 aliphatic heterocycles. The highest BCUT2D eigenvalue weighted by atomic mass is 16.5. The van der Waals surface area contributed by atoms with E-state index in [1.165, 1.54) is 5.56 Å². The van der Waals surface area contributed by atoms with Crippen LogP contribution >= 0.6 is 0 Å². The smallest absolute Gasteiger partial charge is 0.262 e. The summed E-state index contributed by atoms with van der Waals surface area (Å²) in [5.74, 6) is 1.26. The normalized spacial score (nSPS) is 10.1. The maximum absolute atomic E-state index is 12.0. The molecule has 0 atom stereocenters. The van der Waals surface area contributed by atoms with Gasteiger partial charge in [-0.3, -0.25) is 4.79 Å². The van der Waals surface area contributed by atoms with Crippen LogP contribution in [-0.4, -0.2) is 19.1 Å². The van der Waals surface area contributed by atoms with E-state index in [1.807, 2.05) is 51.1 Å². The Labute approximate surface area is 143 Å². The van der Waals surface area contributed by atoms with Crippen LogP contribution in [0.5, 0.6) is 11.5 Å². The summed E-state index contributed by atoms with van der Waals surface area (Å²) in [6.45, 7) is 10.1. The minimum Gasteiger partial charge on any atom is -0.489 e. The van der Waals surface area contributed by atoms with Crippen molar-refractivity contribution in [2.24, 2.45) is 0 Å². The van der Waals surface area contributed by atoms with Gasteiger partial charge in [0.2, 0.25) is 0 Å². The number of carbonyl (C=O) groups excluding carboxylic acids is 1. The maximum Gasteiger partial charge on any atom is 0.262 e. The van der Waals surface area contributed by atoms with Gasteiger partial charge in [-0.15, -0.1) is 0 Å². The van der Waals surface area contributed by atoms with Crippen molar-refractivity contribution < 1.29 is 14.3 Å². The molecule has 2 rings (SSSR count). The van der Waals surface area contributed by atoms with Crippen molar-refractivity contribution in [2.75, 3.05) is 18.5 Å². The third-order valence-corrected chi connectivity index (χ3v) is 3.31. The summed E-state index contributed by atoms with van der Waals surface area (Å²) in [4.78, 5) is 12.0. The fourth-order valence-corrected chi connectivity index (χ4v) is 2.14. The molecule has 0 radical (unpaired) electrons. The third-order valence-electron chi connectivity index (χ3n) is 3.31. The molecule has 0 heterocycles. The van der Waals surface area contributed by atoms with E-state index in [1.54, 1.807) is 12.1 Å². The Morgan fingerprint density at radius 1 is 1.04 bits per heavy atom. The number of hydrogen-bond donors (Lipinski definition) is 1. The molecule has 0 aliphatic carbocycles. The van der Waals surface area contributed by atoms with Gasteiger partial charge >= 0.3 is 0 Å². The van der Waals surface area contributed by atoms with E-state index >= 15 is 0 Å². The highest BCUT2D eigenvalue weighted by Crippen LogP contribution is 2.19. The highest BCUT2D eigenvalue weighted by molar-refractivity contribution is 5.91. The Bertz CT molecular complexity index is 720. The van der Waals surface area contributed by atoms with Gasteiger partial charge in [-0.25, -0.2) is 0 Å². The molecule has 0 aliphatic rings. The van der Waals surface area contributed by atoms with Gasteiger partial charge in [-0.05, 0) is 62.2 Å². The van der Waals surface area contributed by atoms with Crippen LogP contribution in [0.4, 0.5) is 5.69 Å². The molecule has 0 saturated carbocycles. The lowest BCUT2D eigenvalue weighted by Crippen LogP contribution is -2.20. The summed E-state index contributed by atoms with van der Waals surface area (Å²) in [6, 6.07) is 13.1. The molecule has 0 bridgehead atoms. The molecule has 24 heavy (non-hydrogen) atoms. The molecule has 0 fully saturated rings. The predicted molar refractivity (Wildman–Crippen MR) is 96.8 cm³/mol. The zero-order valence-electron chi connectivity index (χ0n) is 14.4. The van der Waals surface area contributed by atoms with E-state index < -0.39 is 0 Å². The second-order valence-electron chi connectivity index (χ2n) is 5.88. The molecule has 4 heteroatoms. The quantitative estimate of drug-likeness (QED) is 0.773. The van der Waals surface area contributed by atoms with Crippen molar-refractivity contribution in [1.82, 2.24) is 0 Å². The first-order valence-corrected chi connectivity index (χ1v) is 7.81. The Morgan fingerprint density at radius 3 is 2.38 bits per heavy atom. The van der Waals surface area contributed by atoms with E-state index in [9.17, 15) is 4.79 Å². The van der Waals surface area contributed by atoms with Crippen molar-refractivity contribution >= 4 is 11.6 Å². The molecule has 0 spiro atoms. The number of amides is 1. The first-order chi connectivity index (χ1) is 11.4. The number of rotatable bonds is 7. The van der Waals surface area contributed by atoms with Crippen LogP contribution in [0, 0.1) is 13.8 Å². The van der Waals surface area contributed by atoms with Crippen molar-refractivity contribution in [3.05, 3.63) is 65.7 Å². The lowest BCUT2D eigenvalue weighted by atomic mass is 10.1. The van der Waals surface area contributed by atoms with Crippen LogP contribution in [0.1, 0.15) is 18.1 Å². The largest absolute Gasteiger partial charge is 0.489 e. The van der Waals surface area contributed by atoms with Crippen LogP contribution < -0.4 is 14.8 Å². The molecule has 1 amide bonds. The lowest BCUT2D eigenvalue weighted by molar-refractivity contribution is -0.118. The average Bonchev–Trinajstić information content (AvgIpc) is 2.53. The van der Waals surface area contributed by atoms with Crippen molar-refractivity contribution in [3.8, 4) is 11.5 Å². The van der Waals surface area contributed by atoms with Gasteiger partial charge in [0.25, 0.3) is 5.91 Å². The van der Waals surface area contributed by atoms with E-state index in [4.69, 9.17) is 9.47 Å². The van der Waals surface area contributed by atoms with Gasteiger partial charge in [0.05, 0.1) is 0 Å². The van der Waals surface area contributed by atoms with E-state index in [0.717, 1.165) is 22.6 Å². The molecule has 0 unspecified atom stereocenters. The zero-order valence-corrected chi connectivity index (χ0v) is 14.4. The predicted octanol–water partition coefficient (Wildman–Crippen LogP) is 4.28. The molecular formula is C20H23NO3. The number of carbonyl (C=O) groups is 1. The Morgan fingerprint density at radius 2 is 1.75 bits per heavy atom. The molecule has 1 N–H and O–H groups in total. The summed E-state index contributed by atoms with van der Waals surface area (Å²) >= 11 is 0. The minimum atomic E-state index is -0.203. The van der Waals surface area contributed by atoms with Gasteiger partial charge in [-0.1, -0.05) is 24.3 Å². The molecule has 4 nitrogen and oxygen atoms in total. The Kier molecular flexibility index (Phi) is 6.01. The van der Waals surface area contributed by atoms with Crippen molar-refractivity contribution in [3.63, 3.8) is 0 Å². The van der Waals surface area contributed by atoms with Gasteiger partial charge in [0.15, 0.2) is 6.61 Å². The van der Waals surface area contributed by atoms with Gasteiger partial charge in [0.1, 0.15) is 18.1 Å². The number of hydrogen-bond acceptors (Lipinski definition) is 3. The number of ether oxygens (including phenoxy) is 2. The second kappa shape index (κ2) is 8.20. The molecule has 2 aromatic carbocycles. The average molecular weight is 325 g/mol. The van der Waals surface area contributed by atoms with Gasteiger partial charge in [0, 0.05) is 5.69 Å². The number of anilines is 1. The lowest BCUT2D eigenvalue weighted by Gasteiger charge is -2.11. The summed E-state index contributed by atoms with van der Waals surface area (Å²) in [5, 5.41) is 2.80. The number of benzene rings is 2. The first-order valence-electron chi connectivity index (χ1n) is 7.81. The number of nitrogens with one attached hydrogen (secondary N) is 1. The van der Waals surface area contributed by atoms with Crippen LogP contribution in [0.3, 0.4) is 0 Å². The van der Waals surface area contributed by atoms with Crippen LogP contribution in [0.2, 0.25) is 0 Å². The van der Waals surface area contributed by atoms with Crippen LogP contribution in [0.15, 0.2) is 54.6 Å². The highest BCUT2D eigenvalue weighted by Gasteiger charge is 2.06. The Balaban J connectivity index is 1.84. The van der Waals surface area contributed by atoms with Crippen LogP contribution in [0.25, 0.3) is 0 Å². The third kappa shape index (κ3) is 5.47. The molecule has 126 valence electrons. The summed E-state index contributed by atoms with van der Waals surface area (Å²) in [6.07, 6.45) is 0.